The summed E-state index contributed by atoms with van der Waals surface area (Å²) in [4.78, 5) is 34.8. The van der Waals surface area contributed by atoms with Crippen molar-refractivity contribution in [2.75, 3.05) is 13.1 Å². The first-order valence-electron chi connectivity index (χ1n) is 10.5. The number of hydrogen-bond donors (Lipinski definition) is 1. The summed E-state index contributed by atoms with van der Waals surface area (Å²) < 4.78 is 14.8. The van der Waals surface area contributed by atoms with Crippen LogP contribution in [0.4, 0.5) is 4.39 Å². The van der Waals surface area contributed by atoms with Gasteiger partial charge in [-0.05, 0) is 42.7 Å². The second kappa shape index (κ2) is 8.33. The lowest BCUT2D eigenvalue weighted by Gasteiger charge is -2.32. The molecule has 8 nitrogen and oxygen atoms in total. The number of benzene rings is 2. The van der Waals surface area contributed by atoms with Crippen LogP contribution in [0.2, 0.25) is 0 Å². The molecule has 0 bridgehead atoms. The third-order valence-electron chi connectivity index (χ3n) is 5.75. The predicted molar refractivity (Wildman–Crippen MR) is 116 cm³/mol. The molecule has 2 aromatic heterocycles. The number of H-pyrrole nitrogens is 1. The molecular weight excluding hydrogens is 411 g/mol. The fraction of sp³-hybridized carbons (Fsp3) is 0.261. The minimum Gasteiger partial charge on any atom is -0.338 e. The van der Waals surface area contributed by atoms with Gasteiger partial charge < -0.3 is 9.88 Å². The molecule has 0 aliphatic carbocycles. The van der Waals surface area contributed by atoms with Crippen LogP contribution in [-0.2, 0) is 6.54 Å². The van der Waals surface area contributed by atoms with Gasteiger partial charge in [-0.1, -0.05) is 35.5 Å². The van der Waals surface area contributed by atoms with Crippen LogP contribution in [0.5, 0.6) is 0 Å². The van der Waals surface area contributed by atoms with E-state index in [4.69, 9.17) is 0 Å². The van der Waals surface area contributed by atoms with Crippen LogP contribution in [-0.4, -0.2) is 48.9 Å². The number of amides is 1. The molecule has 0 saturated carbocycles. The van der Waals surface area contributed by atoms with E-state index < -0.39 is 0 Å². The van der Waals surface area contributed by atoms with E-state index in [1.807, 2.05) is 30.3 Å². The highest BCUT2D eigenvalue weighted by molar-refractivity contribution is 5.94. The van der Waals surface area contributed by atoms with Crippen molar-refractivity contribution in [3.05, 3.63) is 87.7 Å². The lowest BCUT2D eigenvalue weighted by molar-refractivity contribution is 0.0704. The summed E-state index contributed by atoms with van der Waals surface area (Å²) in [5.41, 5.74) is 1.74. The van der Waals surface area contributed by atoms with Crippen molar-refractivity contribution in [2.45, 2.75) is 25.3 Å². The van der Waals surface area contributed by atoms with Crippen LogP contribution in [0.15, 0.2) is 59.4 Å². The second-order valence-corrected chi connectivity index (χ2v) is 7.95. The minimum atomic E-state index is -0.381. The van der Waals surface area contributed by atoms with Gasteiger partial charge in [0.25, 0.3) is 11.5 Å². The van der Waals surface area contributed by atoms with E-state index in [1.54, 1.807) is 9.58 Å². The number of carbonyl (C=O) groups is 1. The van der Waals surface area contributed by atoms with Crippen LogP contribution in [0.1, 0.15) is 40.5 Å². The van der Waals surface area contributed by atoms with E-state index in [9.17, 15) is 14.0 Å². The second-order valence-electron chi connectivity index (χ2n) is 7.95. The van der Waals surface area contributed by atoms with Crippen LogP contribution >= 0.6 is 0 Å². The Hall–Kier alpha value is -3.88. The van der Waals surface area contributed by atoms with Gasteiger partial charge in [-0.25, -0.2) is 14.1 Å². The number of nitrogens with zero attached hydrogens (tertiary/aromatic N) is 5. The largest absolute Gasteiger partial charge is 0.338 e. The lowest BCUT2D eigenvalue weighted by Crippen LogP contribution is -2.40. The fourth-order valence-corrected chi connectivity index (χ4v) is 4.10. The highest BCUT2D eigenvalue weighted by Gasteiger charge is 2.28. The zero-order chi connectivity index (χ0) is 22.1. The maximum Gasteiger partial charge on any atom is 0.281 e. The Morgan fingerprint density at radius 3 is 2.69 bits per heavy atom. The summed E-state index contributed by atoms with van der Waals surface area (Å²) in [6.07, 6.45) is 1.57. The molecule has 1 amide bonds. The van der Waals surface area contributed by atoms with Gasteiger partial charge in [0.1, 0.15) is 11.6 Å². The molecule has 0 radical (unpaired) electrons. The molecule has 32 heavy (non-hydrogen) atoms. The lowest BCUT2D eigenvalue weighted by atomic mass is 9.96. The number of piperidine rings is 1. The normalized spacial score (nSPS) is 16.4. The molecule has 1 aliphatic rings. The molecule has 162 valence electrons. The van der Waals surface area contributed by atoms with Gasteiger partial charge in [-0.2, -0.15) is 0 Å². The summed E-state index contributed by atoms with van der Waals surface area (Å²) in [5, 5.41) is 8.12. The number of fused-ring (bicyclic) bond motifs is 1. The van der Waals surface area contributed by atoms with Gasteiger partial charge in [0.05, 0.1) is 6.54 Å². The van der Waals surface area contributed by atoms with Gasteiger partial charge >= 0.3 is 0 Å². The van der Waals surface area contributed by atoms with Gasteiger partial charge in [-0.15, -0.1) is 5.10 Å². The van der Waals surface area contributed by atoms with Crippen molar-refractivity contribution in [1.29, 1.82) is 0 Å². The predicted octanol–water partition coefficient (Wildman–Crippen LogP) is 2.72. The van der Waals surface area contributed by atoms with E-state index >= 15 is 0 Å². The van der Waals surface area contributed by atoms with E-state index in [0.29, 0.717) is 36.7 Å². The molecule has 0 spiro atoms. The molecule has 2 aromatic carbocycles. The first kappa shape index (κ1) is 20.0. The summed E-state index contributed by atoms with van der Waals surface area (Å²) in [7, 11) is 0. The van der Waals surface area contributed by atoms with E-state index in [2.05, 4.69) is 20.3 Å². The van der Waals surface area contributed by atoms with Crippen molar-refractivity contribution in [3.63, 3.8) is 0 Å². The number of carbonyl (C=O) groups excluding carboxylic acids is 1. The monoisotopic (exact) mass is 432 g/mol. The highest BCUT2D eigenvalue weighted by atomic mass is 19.1. The molecule has 1 saturated heterocycles. The summed E-state index contributed by atoms with van der Waals surface area (Å²) in [5.74, 6) is -0.135. The first-order chi connectivity index (χ1) is 15.6. The van der Waals surface area contributed by atoms with Crippen molar-refractivity contribution >= 4 is 17.1 Å². The number of halogens is 1. The smallest absolute Gasteiger partial charge is 0.281 e. The van der Waals surface area contributed by atoms with Gasteiger partial charge in [0.15, 0.2) is 11.2 Å². The molecule has 1 fully saturated rings. The Morgan fingerprint density at radius 1 is 1.12 bits per heavy atom. The number of aromatic amines is 1. The zero-order valence-corrected chi connectivity index (χ0v) is 17.2. The average Bonchev–Trinajstić information content (AvgIpc) is 3.23. The minimum absolute atomic E-state index is 0.120. The Balaban J connectivity index is 1.42. The number of nitrogens with one attached hydrogen (secondary N) is 1. The van der Waals surface area contributed by atoms with Gasteiger partial charge in [0, 0.05) is 24.6 Å². The third-order valence-corrected chi connectivity index (χ3v) is 5.75. The summed E-state index contributed by atoms with van der Waals surface area (Å²) in [6.45, 7) is 1.48. The van der Waals surface area contributed by atoms with E-state index in [0.717, 1.165) is 18.4 Å². The summed E-state index contributed by atoms with van der Waals surface area (Å²) >= 11 is 0. The Bertz CT molecular complexity index is 1320. The zero-order valence-electron chi connectivity index (χ0n) is 17.2. The quantitative estimate of drug-likeness (QED) is 0.535. The Labute approximate surface area is 182 Å². The molecule has 3 heterocycles. The van der Waals surface area contributed by atoms with Crippen molar-refractivity contribution in [1.82, 2.24) is 29.9 Å². The maximum absolute atomic E-state index is 13.2. The molecule has 1 N–H and O–H groups in total. The SMILES string of the molecule is O=C(c1ccc(F)cc1)N1CCCC(c2nc3c(nnn3Cc3ccccc3)c(=O)[nH]2)C1. The summed E-state index contributed by atoms with van der Waals surface area (Å²) in [6, 6.07) is 15.3. The molecular formula is C23H21FN6O2. The third kappa shape index (κ3) is 3.89. The fourth-order valence-electron chi connectivity index (χ4n) is 4.10. The first-order valence-corrected chi connectivity index (χ1v) is 10.5. The molecule has 1 aliphatic heterocycles. The van der Waals surface area contributed by atoms with Crippen LogP contribution < -0.4 is 5.56 Å². The molecule has 9 heteroatoms. The van der Waals surface area contributed by atoms with Crippen LogP contribution in [0, 0.1) is 5.82 Å². The average molecular weight is 432 g/mol. The number of aromatic nitrogens is 5. The van der Waals surface area contributed by atoms with Crippen molar-refractivity contribution < 1.29 is 9.18 Å². The topological polar surface area (TPSA) is 96.8 Å². The van der Waals surface area contributed by atoms with Gasteiger partial charge in [-0.3, -0.25) is 9.59 Å². The standard InChI is InChI=1S/C23H21FN6O2/c24-18-10-8-16(9-11-18)23(32)29-12-4-7-17(14-29)20-25-21-19(22(31)26-20)27-28-30(21)13-15-5-2-1-3-6-15/h1-3,5-6,8-11,17H,4,7,12-14H2,(H,25,26,31). The van der Waals surface area contributed by atoms with Crippen molar-refractivity contribution in [2.24, 2.45) is 0 Å². The number of rotatable bonds is 4. The van der Waals surface area contributed by atoms with Gasteiger partial charge in [0.2, 0.25) is 0 Å². The highest BCUT2D eigenvalue weighted by Crippen LogP contribution is 2.26. The number of hydrogen-bond acceptors (Lipinski definition) is 5. The maximum atomic E-state index is 13.2. The number of likely N-dealkylation sites (tertiary alicyclic amines) is 1. The van der Waals surface area contributed by atoms with E-state index in [-0.39, 0.29) is 28.7 Å². The van der Waals surface area contributed by atoms with Crippen LogP contribution in [0.3, 0.4) is 0 Å². The Kier molecular flexibility index (Phi) is 5.22. The van der Waals surface area contributed by atoms with E-state index in [1.165, 1.54) is 24.3 Å². The molecule has 1 unspecified atom stereocenters. The molecule has 1 atom stereocenters. The molecule has 5 rings (SSSR count). The Morgan fingerprint density at radius 2 is 1.91 bits per heavy atom. The van der Waals surface area contributed by atoms with Crippen molar-refractivity contribution in [3.8, 4) is 0 Å². The molecule has 4 aromatic rings. The van der Waals surface area contributed by atoms with Crippen LogP contribution in [0.25, 0.3) is 11.2 Å².